The van der Waals surface area contributed by atoms with E-state index in [1.165, 1.54) is 12.0 Å². The topological polar surface area (TPSA) is 47.3 Å². The minimum Gasteiger partial charge on any atom is -0.377 e. The molecule has 0 saturated heterocycles. The molecule has 4 heteroatoms. The quantitative estimate of drug-likeness (QED) is 0.648. The molecule has 1 unspecified atom stereocenters. The molecule has 0 radical (unpaired) electrons. The molecule has 3 N–H and O–H groups in total. The molecule has 0 amide bonds. The molecule has 1 saturated carbocycles. The van der Waals surface area contributed by atoms with E-state index < -0.39 is 0 Å². The first kappa shape index (κ1) is 13.0. The third kappa shape index (κ3) is 2.71. The van der Waals surface area contributed by atoms with Gasteiger partial charge in [0.2, 0.25) is 0 Å². The maximum Gasteiger partial charge on any atom is 0.0847 e. The van der Waals surface area contributed by atoms with E-state index in [9.17, 15) is 0 Å². The van der Waals surface area contributed by atoms with Crippen LogP contribution in [0.4, 0.5) is 0 Å². The Bertz CT molecular complexity index is 357. The Morgan fingerprint density at radius 1 is 1.41 bits per heavy atom. The van der Waals surface area contributed by atoms with Gasteiger partial charge in [0.1, 0.15) is 0 Å². The van der Waals surface area contributed by atoms with Crippen LogP contribution < -0.4 is 11.3 Å². The van der Waals surface area contributed by atoms with E-state index in [1.807, 2.05) is 0 Å². The van der Waals surface area contributed by atoms with Gasteiger partial charge in [0.25, 0.3) is 0 Å². The number of nitrogens with one attached hydrogen (secondary N) is 1. The molecule has 1 aromatic carbocycles. The number of hydrazine groups is 1. The van der Waals surface area contributed by atoms with Crippen molar-refractivity contribution < 1.29 is 4.74 Å². The third-order valence-corrected chi connectivity index (χ3v) is 4.32. The van der Waals surface area contributed by atoms with Crippen molar-refractivity contribution in [2.24, 2.45) is 5.84 Å². The van der Waals surface area contributed by atoms with Crippen LogP contribution in [-0.2, 0) is 11.2 Å². The van der Waals surface area contributed by atoms with Crippen LogP contribution in [0.5, 0.6) is 0 Å². The second kappa shape index (κ2) is 5.48. The lowest BCUT2D eigenvalue weighted by atomic mass is 9.73. The van der Waals surface area contributed by atoms with Gasteiger partial charge in [0.15, 0.2) is 0 Å². The molecule has 2 rings (SSSR count). The summed E-state index contributed by atoms with van der Waals surface area (Å²) in [6, 6.07) is 8.54. The normalized spacial score (nSPS) is 19.7. The van der Waals surface area contributed by atoms with Crippen molar-refractivity contribution in [3.63, 3.8) is 0 Å². The standard InChI is InChI=1S/C13H19BrN2O/c1-17-13(7-2-8-13)12(16-15)9-10-3-5-11(14)6-4-10/h3-6,12,16H,2,7-9,15H2,1H3. The van der Waals surface area contributed by atoms with Crippen molar-refractivity contribution in [2.75, 3.05) is 7.11 Å². The van der Waals surface area contributed by atoms with Crippen LogP contribution in [0.1, 0.15) is 24.8 Å². The van der Waals surface area contributed by atoms with Gasteiger partial charge in [-0.2, -0.15) is 0 Å². The number of nitrogens with two attached hydrogens (primary N) is 1. The number of hydrogen-bond acceptors (Lipinski definition) is 3. The summed E-state index contributed by atoms with van der Waals surface area (Å²) in [6.45, 7) is 0. The monoisotopic (exact) mass is 298 g/mol. The van der Waals surface area contributed by atoms with Gasteiger partial charge in [-0.3, -0.25) is 11.3 Å². The molecule has 94 valence electrons. The van der Waals surface area contributed by atoms with E-state index in [0.717, 1.165) is 23.7 Å². The fourth-order valence-corrected chi connectivity index (χ4v) is 2.74. The van der Waals surface area contributed by atoms with Crippen molar-refractivity contribution >= 4 is 15.9 Å². The number of methoxy groups -OCH3 is 1. The number of rotatable bonds is 5. The van der Waals surface area contributed by atoms with Crippen LogP contribution in [0.25, 0.3) is 0 Å². The van der Waals surface area contributed by atoms with Crippen LogP contribution in [0.2, 0.25) is 0 Å². The highest BCUT2D eigenvalue weighted by atomic mass is 79.9. The fraction of sp³-hybridized carbons (Fsp3) is 0.538. The van der Waals surface area contributed by atoms with Crippen LogP contribution in [-0.4, -0.2) is 18.8 Å². The van der Waals surface area contributed by atoms with Crippen molar-refractivity contribution in [3.05, 3.63) is 34.3 Å². The predicted molar refractivity (Wildman–Crippen MR) is 72.5 cm³/mol. The van der Waals surface area contributed by atoms with Gasteiger partial charge >= 0.3 is 0 Å². The average molecular weight is 299 g/mol. The second-order valence-electron chi connectivity index (χ2n) is 4.67. The molecule has 0 aliphatic heterocycles. The highest BCUT2D eigenvalue weighted by Crippen LogP contribution is 2.38. The summed E-state index contributed by atoms with van der Waals surface area (Å²) >= 11 is 3.44. The van der Waals surface area contributed by atoms with Crippen molar-refractivity contribution in [1.82, 2.24) is 5.43 Å². The lowest BCUT2D eigenvalue weighted by molar-refractivity contribution is -0.0982. The van der Waals surface area contributed by atoms with Crippen molar-refractivity contribution in [1.29, 1.82) is 0 Å². The maximum absolute atomic E-state index is 5.68. The van der Waals surface area contributed by atoms with Crippen LogP contribution in [0.15, 0.2) is 28.7 Å². The summed E-state index contributed by atoms with van der Waals surface area (Å²) in [6.07, 6.45) is 4.31. The molecule has 0 aromatic heterocycles. The SMILES string of the molecule is COC1(C(Cc2ccc(Br)cc2)NN)CCC1. The minimum atomic E-state index is -0.0676. The summed E-state index contributed by atoms with van der Waals surface area (Å²) in [7, 11) is 1.78. The highest BCUT2D eigenvalue weighted by Gasteiger charge is 2.43. The first-order valence-electron chi connectivity index (χ1n) is 5.96. The Balaban J connectivity index is 2.07. The van der Waals surface area contributed by atoms with E-state index in [1.54, 1.807) is 7.11 Å². The zero-order valence-electron chi connectivity index (χ0n) is 10.1. The molecule has 1 aliphatic carbocycles. The summed E-state index contributed by atoms with van der Waals surface area (Å²) in [5.41, 5.74) is 4.13. The van der Waals surface area contributed by atoms with Gasteiger partial charge in [-0.1, -0.05) is 28.1 Å². The number of hydrogen-bond donors (Lipinski definition) is 2. The maximum atomic E-state index is 5.68. The van der Waals surface area contributed by atoms with Gasteiger partial charge in [0.05, 0.1) is 11.6 Å². The van der Waals surface area contributed by atoms with Gasteiger partial charge in [-0.05, 0) is 43.4 Å². The average Bonchev–Trinajstić information content (AvgIpc) is 2.29. The molecule has 1 aromatic rings. The Morgan fingerprint density at radius 3 is 2.47 bits per heavy atom. The van der Waals surface area contributed by atoms with Gasteiger partial charge in [0, 0.05) is 11.6 Å². The summed E-state index contributed by atoms with van der Waals surface area (Å²) < 4.78 is 6.77. The zero-order chi connectivity index (χ0) is 12.3. The van der Waals surface area contributed by atoms with Crippen molar-refractivity contribution in [2.45, 2.75) is 37.3 Å². The van der Waals surface area contributed by atoms with Crippen LogP contribution in [0.3, 0.4) is 0 Å². The summed E-state index contributed by atoms with van der Waals surface area (Å²) in [4.78, 5) is 0. The van der Waals surface area contributed by atoms with E-state index in [2.05, 4.69) is 45.6 Å². The zero-order valence-corrected chi connectivity index (χ0v) is 11.7. The lowest BCUT2D eigenvalue weighted by Crippen LogP contribution is -2.59. The van der Waals surface area contributed by atoms with Crippen LogP contribution >= 0.6 is 15.9 Å². The molecular weight excluding hydrogens is 280 g/mol. The van der Waals surface area contributed by atoms with Gasteiger partial charge in [-0.15, -0.1) is 0 Å². The largest absolute Gasteiger partial charge is 0.377 e. The first-order valence-corrected chi connectivity index (χ1v) is 6.75. The molecular formula is C13H19BrN2O. The minimum absolute atomic E-state index is 0.0676. The smallest absolute Gasteiger partial charge is 0.0847 e. The Labute approximate surface area is 111 Å². The molecule has 0 heterocycles. The molecule has 0 bridgehead atoms. The Morgan fingerprint density at radius 2 is 2.06 bits per heavy atom. The molecule has 0 spiro atoms. The van der Waals surface area contributed by atoms with E-state index >= 15 is 0 Å². The number of ether oxygens (including phenoxy) is 1. The molecule has 1 fully saturated rings. The number of benzene rings is 1. The van der Waals surface area contributed by atoms with Crippen LogP contribution in [0, 0.1) is 0 Å². The fourth-order valence-electron chi connectivity index (χ4n) is 2.47. The molecule has 3 nitrogen and oxygen atoms in total. The molecule has 17 heavy (non-hydrogen) atoms. The first-order chi connectivity index (χ1) is 8.20. The van der Waals surface area contributed by atoms with E-state index in [0.29, 0.717) is 0 Å². The lowest BCUT2D eigenvalue weighted by Gasteiger charge is -2.46. The van der Waals surface area contributed by atoms with E-state index in [4.69, 9.17) is 10.6 Å². The Hall–Kier alpha value is -0.420. The van der Waals surface area contributed by atoms with E-state index in [-0.39, 0.29) is 11.6 Å². The molecule has 1 aliphatic rings. The number of halogens is 1. The Kier molecular flexibility index (Phi) is 4.20. The summed E-state index contributed by atoms with van der Waals surface area (Å²) in [5, 5.41) is 0. The second-order valence-corrected chi connectivity index (χ2v) is 5.59. The van der Waals surface area contributed by atoms with Gasteiger partial charge in [-0.25, -0.2) is 0 Å². The van der Waals surface area contributed by atoms with Crippen molar-refractivity contribution in [3.8, 4) is 0 Å². The highest BCUT2D eigenvalue weighted by molar-refractivity contribution is 9.10. The summed E-state index contributed by atoms with van der Waals surface area (Å²) in [5.74, 6) is 5.68. The molecule has 1 atom stereocenters. The predicted octanol–water partition coefficient (Wildman–Crippen LogP) is 2.39. The third-order valence-electron chi connectivity index (χ3n) is 3.80. The van der Waals surface area contributed by atoms with Gasteiger partial charge < -0.3 is 4.74 Å².